The zero-order valence-corrected chi connectivity index (χ0v) is 10.7. The van der Waals surface area contributed by atoms with Gasteiger partial charge in [-0.05, 0) is 36.2 Å². The lowest BCUT2D eigenvalue weighted by molar-refractivity contribution is 0.262. The highest BCUT2D eigenvalue weighted by atomic mass is 16.2. The summed E-state index contributed by atoms with van der Waals surface area (Å²) in [5.74, 6) is 0. The highest BCUT2D eigenvalue weighted by Gasteiger charge is 2.04. The van der Waals surface area contributed by atoms with Gasteiger partial charge >= 0.3 is 6.03 Å². The molecule has 0 saturated heterocycles. The lowest BCUT2D eigenvalue weighted by Gasteiger charge is -2.09. The minimum atomic E-state index is -0.363. The first-order valence-electron chi connectivity index (χ1n) is 5.83. The molecule has 1 aromatic heterocycles. The molecule has 0 aliphatic heterocycles. The second-order valence-corrected chi connectivity index (χ2v) is 4.01. The van der Waals surface area contributed by atoms with Crippen LogP contribution in [0.15, 0.2) is 47.8 Å². The minimum absolute atomic E-state index is 0.363. The fraction of sp³-hybridized carbons (Fsp3) is 0.0769. The van der Waals surface area contributed by atoms with Crippen molar-refractivity contribution in [3.05, 3.63) is 58.7 Å². The summed E-state index contributed by atoms with van der Waals surface area (Å²) >= 11 is 0. The minimum Gasteiger partial charge on any atom is -0.308 e. The van der Waals surface area contributed by atoms with E-state index in [9.17, 15) is 4.79 Å². The summed E-state index contributed by atoms with van der Waals surface area (Å²) in [6.45, 7) is 1.88. The molecule has 100 valence electrons. The van der Waals surface area contributed by atoms with E-state index in [1.54, 1.807) is 36.7 Å². The maximum absolute atomic E-state index is 11.8. The van der Waals surface area contributed by atoms with Crippen molar-refractivity contribution in [3.8, 4) is 0 Å². The Kier molecular flexibility index (Phi) is 4.16. The summed E-state index contributed by atoms with van der Waals surface area (Å²) in [4.78, 5) is 18.4. The first-order chi connectivity index (χ1) is 9.69. The molecule has 20 heavy (non-hydrogen) atoms. The first kappa shape index (κ1) is 13.4. The fourth-order valence-corrected chi connectivity index (χ4v) is 1.54. The van der Waals surface area contributed by atoms with Crippen molar-refractivity contribution in [1.29, 1.82) is 0 Å². The molecule has 2 amide bonds. The van der Waals surface area contributed by atoms with Crippen LogP contribution >= 0.6 is 0 Å². The molecular formula is C13H12N6O. The number of nitrogens with zero attached hydrogens (tertiary/aromatic N) is 4. The molecule has 1 heterocycles. The number of aromatic nitrogens is 1. The number of pyridine rings is 1. The highest BCUT2D eigenvalue weighted by Crippen LogP contribution is 2.17. The third kappa shape index (κ3) is 3.47. The summed E-state index contributed by atoms with van der Waals surface area (Å²) < 4.78 is 0. The fourth-order valence-electron chi connectivity index (χ4n) is 1.54. The summed E-state index contributed by atoms with van der Waals surface area (Å²) in [5, 5.41) is 8.83. The first-order valence-corrected chi connectivity index (χ1v) is 5.83. The number of carbonyl (C=O) groups excluding carboxylic acids is 1. The van der Waals surface area contributed by atoms with Crippen LogP contribution in [0.25, 0.3) is 10.4 Å². The molecule has 0 fully saturated rings. The summed E-state index contributed by atoms with van der Waals surface area (Å²) in [6.07, 6.45) is 3.24. The van der Waals surface area contributed by atoms with E-state index in [4.69, 9.17) is 5.53 Å². The number of azide groups is 1. The van der Waals surface area contributed by atoms with E-state index in [1.807, 2.05) is 13.0 Å². The Morgan fingerprint density at radius 3 is 2.65 bits per heavy atom. The lowest BCUT2D eigenvalue weighted by atomic mass is 10.2. The van der Waals surface area contributed by atoms with Crippen LogP contribution in [-0.2, 0) is 0 Å². The molecule has 7 heteroatoms. The zero-order chi connectivity index (χ0) is 14.4. The predicted molar refractivity (Wildman–Crippen MR) is 76.9 cm³/mol. The number of hydrogen-bond donors (Lipinski definition) is 2. The van der Waals surface area contributed by atoms with Crippen LogP contribution < -0.4 is 10.6 Å². The number of amides is 2. The number of aryl methyl sites for hydroxylation is 1. The van der Waals surface area contributed by atoms with Crippen molar-refractivity contribution < 1.29 is 4.79 Å². The number of anilines is 2. The van der Waals surface area contributed by atoms with Crippen LogP contribution in [0.3, 0.4) is 0 Å². The predicted octanol–water partition coefficient (Wildman–Crippen LogP) is 3.98. The molecule has 7 nitrogen and oxygen atoms in total. The SMILES string of the molecule is Cc1ccncc1NC(=O)Nc1ccc(N=[N+]=[N-])cc1. The molecule has 0 aliphatic rings. The van der Waals surface area contributed by atoms with Crippen LogP contribution in [0.2, 0.25) is 0 Å². The van der Waals surface area contributed by atoms with Gasteiger partial charge in [0.15, 0.2) is 0 Å². The summed E-state index contributed by atoms with van der Waals surface area (Å²) in [7, 11) is 0. The molecule has 0 atom stereocenters. The quantitative estimate of drug-likeness (QED) is 0.499. The lowest BCUT2D eigenvalue weighted by Crippen LogP contribution is -2.19. The van der Waals surface area contributed by atoms with Gasteiger partial charge in [0, 0.05) is 22.5 Å². The number of rotatable bonds is 3. The van der Waals surface area contributed by atoms with Crippen LogP contribution in [0.1, 0.15) is 5.56 Å². The van der Waals surface area contributed by atoms with Gasteiger partial charge in [-0.15, -0.1) is 0 Å². The molecule has 0 bridgehead atoms. The third-order valence-electron chi connectivity index (χ3n) is 2.57. The normalized spacial score (nSPS) is 9.45. The van der Waals surface area contributed by atoms with E-state index in [1.165, 1.54) is 0 Å². The molecule has 1 aromatic carbocycles. The van der Waals surface area contributed by atoms with Crippen molar-refractivity contribution >= 4 is 23.1 Å². The van der Waals surface area contributed by atoms with E-state index in [0.29, 0.717) is 17.1 Å². The van der Waals surface area contributed by atoms with Gasteiger partial charge in [0.25, 0.3) is 0 Å². The van der Waals surface area contributed by atoms with E-state index < -0.39 is 0 Å². The van der Waals surface area contributed by atoms with E-state index in [2.05, 4.69) is 25.6 Å². The summed E-state index contributed by atoms with van der Waals surface area (Å²) in [6, 6.07) is 7.98. The van der Waals surface area contributed by atoms with Gasteiger partial charge < -0.3 is 10.6 Å². The molecule has 2 aromatic rings. The van der Waals surface area contributed by atoms with Crippen LogP contribution in [0.4, 0.5) is 21.9 Å². The van der Waals surface area contributed by atoms with E-state index in [0.717, 1.165) is 5.56 Å². The largest absolute Gasteiger partial charge is 0.323 e. The topological polar surface area (TPSA) is 103 Å². The van der Waals surface area contributed by atoms with Crippen molar-refractivity contribution in [2.24, 2.45) is 5.11 Å². The van der Waals surface area contributed by atoms with Crippen LogP contribution in [0.5, 0.6) is 0 Å². The van der Waals surface area contributed by atoms with Gasteiger partial charge in [0.2, 0.25) is 0 Å². The summed E-state index contributed by atoms with van der Waals surface area (Å²) in [5.41, 5.74) is 11.0. The second-order valence-electron chi connectivity index (χ2n) is 4.01. The Labute approximate surface area is 115 Å². The molecule has 2 N–H and O–H groups in total. The maximum atomic E-state index is 11.8. The second kappa shape index (κ2) is 6.21. The number of nitrogens with one attached hydrogen (secondary N) is 2. The van der Waals surface area contributed by atoms with Crippen molar-refractivity contribution in [1.82, 2.24) is 4.98 Å². The van der Waals surface area contributed by atoms with Gasteiger partial charge in [-0.3, -0.25) is 4.98 Å². The molecule has 0 aliphatic carbocycles. The Morgan fingerprint density at radius 2 is 2.00 bits per heavy atom. The third-order valence-corrected chi connectivity index (χ3v) is 2.57. The molecule has 0 spiro atoms. The van der Waals surface area contributed by atoms with Crippen LogP contribution in [0, 0.1) is 6.92 Å². The van der Waals surface area contributed by atoms with Crippen molar-refractivity contribution in [3.63, 3.8) is 0 Å². The monoisotopic (exact) mass is 268 g/mol. The number of carbonyl (C=O) groups is 1. The zero-order valence-electron chi connectivity index (χ0n) is 10.7. The van der Waals surface area contributed by atoms with Crippen molar-refractivity contribution in [2.45, 2.75) is 6.92 Å². The van der Waals surface area contributed by atoms with E-state index >= 15 is 0 Å². The van der Waals surface area contributed by atoms with Gasteiger partial charge in [0.05, 0.1) is 11.9 Å². The van der Waals surface area contributed by atoms with Crippen molar-refractivity contribution in [2.75, 3.05) is 10.6 Å². The number of benzene rings is 1. The Hall–Kier alpha value is -3.05. The van der Waals surface area contributed by atoms with Gasteiger partial charge in [-0.2, -0.15) is 0 Å². The number of hydrogen-bond acceptors (Lipinski definition) is 3. The average molecular weight is 268 g/mol. The molecule has 0 unspecified atom stereocenters. The Bertz CT molecular complexity index is 661. The van der Waals surface area contributed by atoms with Gasteiger partial charge in [0.1, 0.15) is 0 Å². The average Bonchev–Trinajstić information content (AvgIpc) is 2.44. The van der Waals surface area contributed by atoms with E-state index in [-0.39, 0.29) is 6.03 Å². The standard InChI is InChI=1S/C13H12N6O/c1-9-6-7-15-8-12(9)17-13(20)16-10-2-4-11(5-3-10)18-19-14/h2-8H,1H3,(H2,16,17,20). The van der Waals surface area contributed by atoms with Gasteiger partial charge in [-0.1, -0.05) is 17.2 Å². The van der Waals surface area contributed by atoms with Crippen LogP contribution in [-0.4, -0.2) is 11.0 Å². The Morgan fingerprint density at radius 1 is 1.25 bits per heavy atom. The van der Waals surface area contributed by atoms with Gasteiger partial charge in [-0.25, -0.2) is 4.79 Å². The molecular weight excluding hydrogens is 256 g/mol. The smallest absolute Gasteiger partial charge is 0.308 e. The molecule has 0 radical (unpaired) electrons. The molecule has 0 saturated carbocycles. The highest BCUT2D eigenvalue weighted by molar-refractivity contribution is 6.00. The molecule has 2 rings (SSSR count). The maximum Gasteiger partial charge on any atom is 0.323 e. The Balaban J connectivity index is 2.01. The number of urea groups is 1.